The van der Waals surface area contributed by atoms with Crippen molar-refractivity contribution in [1.82, 2.24) is 19.9 Å². The molecule has 35 heavy (non-hydrogen) atoms. The van der Waals surface area contributed by atoms with Gasteiger partial charge >= 0.3 is 6.09 Å². The molecule has 4 aromatic rings. The van der Waals surface area contributed by atoms with Gasteiger partial charge in [-0.1, -0.05) is 23.7 Å². The number of fused-ring (bicyclic) bond motifs is 1. The first-order valence-electron chi connectivity index (χ1n) is 11.6. The Morgan fingerprint density at radius 3 is 2.83 bits per heavy atom. The van der Waals surface area contributed by atoms with E-state index in [-0.39, 0.29) is 12.2 Å². The van der Waals surface area contributed by atoms with E-state index in [1.807, 2.05) is 63.2 Å². The lowest BCUT2D eigenvalue weighted by Crippen LogP contribution is -2.36. The average Bonchev–Trinajstić information content (AvgIpc) is 3.43. The molecule has 4 heterocycles. The van der Waals surface area contributed by atoms with Crippen molar-refractivity contribution in [3.63, 3.8) is 0 Å². The first-order valence-corrected chi connectivity index (χ1v) is 12.0. The number of likely N-dealkylation sites (tertiary alicyclic amines) is 1. The van der Waals surface area contributed by atoms with Gasteiger partial charge in [-0.3, -0.25) is 9.97 Å². The summed E-state index contributed by atoms with van der Waals surface area (Å²) in [5, 5.41) is 0.651. The normalized spacial score (nSPS) is 16.0. The molecule has 1 aromatic carbocycles. The number of hydrogen-bond donors (Lipinski definition) is 1. The molecule has 5 rings (SSSR count). The Kier molecular flexibility index (Phi) is 6.11. The van der Waals surface area contributed by atoms with Crippen LogP contribution in [0.5, 0.6) is 5.75 Å². The molecule has 0 spiro atoms. The van der Waals surface area contributed by atoms with Gasteiger partial charge in [0.15, 0.2) is 0 Å². The molecule has 1 fully saturated rings. The number of nitrogens with zero attached hydrogens (tertiary/aromatic N) is 3. The lowest BCUT2D eigenvalue weighted by atomic mass is 10.0. The highest BCUT2D eigenvalue weighted by Crippen LogP contribution is 2.41. The number of hydrogen-bond acceptors (Lipinski definition) is 5. The maximum Gasteiger partial charge on any atom is 0.410 e. The van der Waals surface area contributed by atoms with E-state index in [9.17, 15) is 4.79 Å². The third-order valence-corrected chi connectivity index (χ3v) is 6.05. The van der Waals surface area contributed by atoms with Crippen LogP contribution in [-0.4, -0.2) is 50.7 Å². The van der Waals surface area contributed by atoms with Gasteiger partial charge in [0.05, 0.1) is 29.5 Å². The fourth-order valence-corrected chi connectivity index (χ4v) is 4.51. The van der Waals surface area contributed by atoms with Crippen LogP contribution in [0.15, 0.2) is 61.1 Å². The number of pyridine rings is 2. The van der Waals surface area contributed by atoms with Crippen LogP contribution in [0, 0.1) is 0 Å². The van der Waals surface area contributed by atoms with E-state index in [0.717, 1.165) is 33.4 Å². The zero-order valence-corrected chi connectivity index (χ0v) is 20.7. The quantitative estimate of drug-likeness (QED) is 0.361. The van der Waals surface area contributed by atoms with Crippen LogP contribution in [-0.2, 0) is 4.74 Å². The minimum absolute atomic E-state index is 0.164. The molecule has 7 nitrogen and oxygen atoms in total. The van der Waals surface area contributed by atoms with Gasteiger partial charge in [-0.25, -0.2) is 4.79 Å². The number of ether oxygens (including phenoxy) is 2. The highest BCUT2D eigenvalue weighted by molar-refractivity contribution is 6.31. The molecule has 1 amide bonds. The number of benzene rings is 1. The summed E-state index contributed by atoms with van der Waals surface area (Å²) in [7, 11) is 0. The molecule has 1 aliphatic heterocycles. The fourth-order valence-electron chi connectivity index (χ4n) is 4.32. The topological polar surface area (TPSA) is 80.3 Å². The van der Waals surface area contributed by atoms with E-state index in [0.29, 0.717) is 30.3 Å². The summed E-state index contributed by atoms with van der Waals surface area (Å²) >= 11 is 6.33. The monoisotopic (exact) mass is 490 g/mol. The number of carbonyl (C=O) groups is 1. The lowest BCUT2D eigenvalue weighted by molar-refractivity contribution is 0.0276. The molecular weight excluding hydrogens is 464 g/mol. The fraction of sp³-hybridized carbons (Fsp3) is 0.296. The van der Waals surface area contributed by atoms with Gasteiger partial charge < -0.3 is 19.4 Å². The molecular formula is C27H27ClN4O3. The van der Waals surface area contributed by atoms with Crippen molar-refractivity contribution in [2.75, 3.05) is 13.1 Å². The molecule has 1 N–H and O–H groups in total. The zero-order valence-electron chi connectivity index (χ0n) is 19.9. The smallest absolute Gasteiger partial charge is 0.410 e. The van der Waals surface area contributed by atoms with Gasteiger partial charge in [0.2, 0.25) is 0 Å². The first kappa shape index (κ1) is 23.2. The molecule has 0 aliphatic carbocycles. The number of amides is 1. The van der Waals surface area contributed by atoms with Crippen molar-refractivity contribution in [2.24, 2.45) is 0 Å². The third kappa shape index (κ3) is 4.95. The van der Waals surface area contributed by atoms with Crippen molar-refractivity contribution in [1.29, 1.82) is 0 Å². The number of H-pyrrole nitrogens is 1. The Hall–Kier alpha value is -3.58. The molecule has 8 heteroatoms. The van der Waals surface area contributed by atoms with Gasteiger partial charge in [-0.2, -0.15) is 0 Å². The summed E-state index contributed by atoms with van der Waals surface area (Å²) < 4.78 is 11.9. The number of carbonyl (C=O) groups excluding carboxylic acids is 1. The summed E-state index contributed by atoms with van der Waals surface area (Å²) in [6, 6.07) is 13.6. The van der Waals surface area contributed by atoms with Crippen LogP contribution in [0.25, 0.3) is 33.4 Å². The molecule has 0 saturated carbocycles. The highest BCUT2D eigenvalue weighted by atomic mass is 35.5. The maximum atomic E-state index is 12.5. The number of aromatic nitrogens is 3. The van der Waals surface area contributed by atoms with E-state index in [2.05, 4.69) is 15.0 Å². The van der Waals surface area contributed by atoms with Gasteiger partial charge in [-0.15, -0.1) is 0 Å². The van der Waals surface area contributed by atoms with Crippen molar-refractivity contribution in [3.05, 3.63) is 66.1 Å². The van der Waals surface area contributed by atoms with Crippen LogP contribution < -0.4 is 4.74 Å². The SMILES string of the molecule is CC(C)(C)OC(=O)N1CCC(Oc2cnccc2-c2[nH]c3cccnc3c2-c2cccc(Cl)c2)C1. The Morgan fingerprint density at radius 1 is 1.17 bits per heavy atom. The average molecular weight is 491 g/mol. The Balaban J connectivity index is 1.48. The Morgan fingerprint density at radius 2 is 2.03 bits per heavy atom. The molecule has 3 aromatic heterocycles. The van der Waals surface area contributed by atoms with Gasteiger partial charge in [0.1, 0.15) is 17.5 Å². The van der Waals surface area contributed by atoms with Gasteiger partial charge in [-0.05, 0) is 56.7 Å². The first-order chi connectivity index (χ1) is 16.8. The van der Waals surface area contributed by atoms with Crippen LogP contribution in [0.2, 0.25) is 5.02 Å². The predicted molar refractivity (Wildman–Crippen MR) is 137 cm³/mol. The van der Waals surface area contributed by atoms with E-state index < -0.39 is 5.60 Å². The largest absolute Gasteiger partial charge is 0.486 e. The summed E-state index contributed by atoms with van der Waals surface area (Å²) in [6.07, 6.45) is 5.46. The number of aromatic amines is 1. The van der Waals surface area contributed by atoms with Crippen LogP contribution in [0.1, 0.15) is 27.2 Å². The lowest BCUT2D eigenvalue weighted by Gasteiger charge is -2.24. The number of rotatable bonds is 4. The van der Waals surface area contributed by atoms with Crippen LogP contribution in [0.4, 0.5) is 4.79 Å². The summed E-state index contributed by atoms with van der Waals surface area (Å²) in [4.78, 5) is 26.6. The van der Waals surface area contributed by atoms with Crippen LogP contribution >= 0.6 is 11.6 Å². The second-order valence-electron chi connectivity index (χ2n) is 9.61. The minimum atomic E-state index is -0.535. The van der Waals surface area contributed by atoms with E-state index >= 15 is 0 Å². The number of nitrogens with one attached hydrogen (secondary N) is 1. The summed E-state index contributed by atoms with van der Waals surface area (Å²) in [5.41, 5.74) is 4.87. The zero-order chi connectivity index (χ0) is 24.6. The van der Waals surface area contributed by atoms with E-state index in [4.69, 9.17) is 21.1 Å². The van der Waals surface area contributed by atoms with Gasteiger partial charge in [0, 0.05) is 41.5 Å². The Bertz CT molecular complexity index is 1380. The van der Waals surface area contributed by atoms with E-state index in [1.54, 1.807) is 23.5 Å². The molecule has 0 radical (unpaired) electrons. The molecule has 1 aliphatic rings. The Labute approximate surface area is 209 Å². The van der Waals surface area contributed by atoms with Crippen molar-refractivity contribution >= 4 is 28.7 Å². The maximum absolute atomic E-state index is 12.5. The minimum Gasteiger partial charge on any atom is -0.486 e. The van der Waals surface area contributed by atoms with Crippen molar-refractivity contribution in [3.8, 4) is 28.1 Å². The second-order valence-corrected chi connectivity index (χ2v) is 10.0. The molecule has 1 saturated heterocycles. The van der Waals surface area contributed by atoms with Crippen LogP contribution in [0.3, 0.4) is 0 Å². The summed E-state index contributed by atoms with van der Waals surface area (Å²) in [6.45, 7) is 6.63. The highest BCUT2D eigenvalue weighted by Gasteiger charge is 2.31. The number of halogens is 1. The van der Waals surface area contributed by atoms with Crippen molar-refractivity contribution < 1.29 is 14.3 Å². The molecule has 1 unspecified atom stereocenters. The van der Waals surface area contributed by atoms with Crippen molar-refractivity contribution in [2.45, 2.75) is 38.9 Å². The molecule has 1 atom stereocenters. The standard InChI is InChI=1S/C27H27ClN4O3/c1-27(2,3)35-26(33)32-13-10-19(16-32)34-22-15-29-12-9-20(22)24-23(17-6-4-7-18(28)14-17)25-21(31-24)8-5-11-30-25/h4-9,11-12,14-15,19,31H,10,13,16H2,1-3H3. The third-order valence-electron chi connectivity index (χ3n) is 5.81. The molecule has 0 bridgehead atoms. The van der Waals surface area contributed by atoms with Gasteiger partial charge in [0.25, 0.3) is 0 Å². The summed E-state index contributed by atoms with van der Waals surface area (Å²) in [5.74, 6) is 0.637. The second kappa shape index (κ2) is 9.23. The van der Waals surface area contributed by atoms with E-state index in [1.165, 1.54) is 0 Å². The predicted octanol–water partition coefficient (Wildman–Crippen LogP) is 6.33. The molecule has 180 valence electrons.